The van der Waals surface area contributed by atoms with Gasteiger partial charge in [0.2, 0.25) is 0 Å². The Morgan fingerprint density at radius 3 is 2.73 bits per heavy atom. The first-order valence-corrected chi connectivity index (χ1v) is 11.3. The third kappa shape index (κ3) is 3.68. The van der Waals surface area contributed by atoms with Crippen LogP contribution in [0, 0.1) is 35.0 Å². The number of unbranched alkanes of at least 4 members (excludes halogenated alkanes) is 1. The van der Waals surface area contributed by atoms with Crippen LogP contribution in [0.3, 0.4) is 0 Å². The van der Waals surface area contributed by atoms with Crippen molar-refractivity contribution in [3.05, 3.63) is 11.6 Å². The van der Waals surface area contributed by atoms with E-state index in [2.05, 4.69) is 20.8 Å². The van der Waals surface area contributed by atoms with Crippen LogP contribution < -0.4 is 0 Å². The van der Waals surface area contributed by atoms with E-state index in [0.29, 0.717) is 17.1 Å². The van der Waals surface area contributed by atoms with E-state index < -0.39 is 0 Å². The summed E-state index contributed by atoms with van der Waals surface area (Å²) >= 11 is 0. The standard InChI is InChI=1S/C24H40O2/c1-5-22-23-17(3)15-18-16-19(25)9-10-20(18)21(23)11-13-24(22,6-2)12-7-8-14-26-4/h16-17,20-23H,5-15H2,1-4H3. The van der Waals surface area contributed by atoms with E-state index in [9.17, 15) is 4.79 Å². The minimum absolute atomic E-state index is 0.380. The molecule has 0 aromatic carbocycles. The number of ketones is 1. The predicted octanol–water partition coefficient (Wildman–Crippen LogP) is 6.20. The molecule has 0 spiro atoms. The van der Waals surface area contributed by atoms with E-state index in [0.717, 1.165) is 43.1 Å². The molecule has 2 fully saturated rings. The van der Waals surface area contributed by atoms with Gasteiger partial charge in [-0.05, 0) is 79.6 Å². The van der Waals surface area contributed by atoms with Gasteiger partial charge in [0.05, 0.1) is 0 Å². The highest BCUT2D eigenvalue weighted by molar-refractivity contribution is 5.91. The fourth-order valence-electron chi connectivity index (χ4n) is 7.26. The summed E-state index contributed by atoms with van der Waals surface area (Å²) in [7, 11) is 1.82. The zero-order valence-corrected chi connectivity index (χ0v) is 17.6. The number of carbonyl (C=O) groups is 1. The molecule has 0 aromatic rings. The van der Waals surface area contributed by atoms with E-state index in [4.69, 9.17) is 4.74 Å². The molecular weight excluding hydrogens is 320 g/mol. The van der Waals surface area contributed by atoms with E-state index in [-0.39, 0.29) is 0 Å². The topological polar surface area (TPSA) is 26.3 Å². The molecule has 0 aliphatic heterocycles. The third-order valence-electron chi connectivity index (χ3n) is 8.39. The summed E-state index contributed by atoms with van der Waals surface area (Å²) in [4.78, 5) is 11.9. The molecule has 0 heterocycles. The van der Waals surface area contributed by atoms with Crippen molar-refractivity contribution in [2.24, 2.45) is 35.0 Å². The largest absolute Gasteiger partial charge is 0.385 e. The predicted molar refractivity (Wildman–Crippen MR) is 108 cm³/mol. The lowest BCUT2D eigenvalue weighted by Gasteiger charge is -2.58. The second kappa shape index (κ2) is 8.59. The average molecular weight is 361 g/mol. The Labute approximate surface area is 161 Å². The molecule has 0 radical (unpaired) electrons. The molecule has 26 heavy (non-hydrogen) atoms. The Balaban J connectivity index is 1.81. The molecule has 2 heteroatoms. The number of carbonyl (C=O) groups excluding carboxylic acids is 1. The third-order valence-corrected chi connectivity index (χ3v) is 8.39. The Bertz CT molecular complexity index is 522. The molecule has 2 nitrogen and oxygen atoms in total. The van der Waals surface area contributed by atoms with Crippen LogP contribution in [-0.2, 0) is 9.53 Å². The Kier molecular flexibility index (Phi) is 6.64. The number of methoxy groups -OCH3 is 1. The van der Waals surface area contributed by atoms with Crippen LogP contribution in [0.4, 0.5) is 0 Å². The lowest BCUT2D eigenvalue weighted by atomic mass is 9.47. The zero-order valence-electron chi connectivity index (χ0n) is 17.6. The first-order chi connectivity index (χ1) is 12.6. The van der Waals surface area contributed by atoms with Crippen molar-refractivity contribution in [3.8, 4) is 0 Å². The van der Waals surface area contributed by atoms with Crippen molar-refractivity contribution in [2.45, 2.75) is 85.0 Å². The quantitative estimate of drug-likeness (QED) is 0.505. The Morgan fingerprint density at radius 2 is 2.04 bits per heavy atom. The van der Waals surface area contributed by atoms with Gasteiger partial charge in [0.15, 0.2) is 5.78 Å². The van der Waals surface area contributed by atoms with Gasteiger partial charge < -0.3 is 4.74 Å². The van der Waals surface area contributed by atoms with Gasteiger partial charge >= 0.3 is 0 Å². The maximum absolute atomic E-state index is 11.9. The smallest absolute Gasteiger partial charge is 0.155 e. The Morgan fingerprint density at radius 1 is 1.23 bits per heavy atom. The summed E-state index contributed by atoms with van der Waals surface area (Å²) in [6.07, 6.45) is 14.5. The summed E-state index contributed by atoms with van der Waals surface area (Å²) in [5.74, 6) is 4.40. The maximum Gasteiger partial charge on any atom is 0.155 e. The minimum Gasteiger partial charge on any atom is -0.385 e. The fraction of sp³-hybridized carbons (Fsp3) is 0.875. The van der Waals surface area contributed by atoms with E-state index in [1.807, 2.05) is 13.2 Å². The molecule has 2 saturated carbocycles. The van der Waals surface area contributed by atoms with Crippen molar-refractivity contribution in [2.75, 3.05) is 13.7 Å². The van der Waals surface area contributed by atoms with Gasteiger partial charge in [-0.25, -0.2) is 0 Å². The molecule has 3 aliphatic rings. The van der Waals surface area contributed by atoms with Gasteiger partial charge in [-0.2, -0.15) is 0 Å². The summed E-state index contributed by atoms with van der Waals surface area (Å²) in [5.41, 5.74) is 2.05. The number of ether oxygens (including phenoxy) is 1. The van der Waals surface area contributed by atoms with Crippen molar-refractivity contribution < 1.29 is 9.53 Å². The molecule has 0 aromatic heterocycles. The SMILES string of the molecule is CCC1C2C(C)CC3=CC(=O)CCC3C2CCC1(CC)CCCCOC. The van der Waals surface area contributed by atoms with Crippen LogP contribution in [0.2, 0.25) is 0 Å². The number of rotatable bonds is 7. The summed E-state index contributed by atoms with van der Waals surface area (Å²) < 4.78 is 5.29. The normalized spacial score (nSPS) is 39.9. The monoisotopic (exact) mass is 360 g/mol. The minimum atomic E-state index is 0.380. The number of allylic oxidation sites excluding steroid dienone is 2. The van der Waals surface area contributed by atoms with Gasteiger partial charge in [0.1, 0.15) is 0 Å². The number of hydrogen-bond acceptors (Lipinski definition) is 2. The van der Waals surface area contributed by atoms with E-state index in [1.54, 1.807) is 0 Å². The lowest BCUT2D eigenvalue weighted by molar-refractivity contribution is -0.116. The van der Waals surface area contributed by atoms with Gasteiger partial charge in [-0.1, -0.05) is 45.6 Å². The molecule has 0 amide bonds. The molecule has 148 valence electrons. The van der Waals surface area contributed by atoms with E-state index in [1.165, 1.54) is 56.9 Å². The molecule has 0 saturated heterocycles. The molecular formula is C24H40O2. The molecule has 6 unspecified atom stereocenters. The number of hydrogen-bond donors (Lipinski definition) is 0. The van der Waals surface area contributed by atoms with Crippen molar-refractivity contribution in [3.63, 3.8) is 0 Å². The highest BCUT2D eigenvalue weighted by atomic mass is 16.5. The zero-order chi connectivity index (χ0) is 18.7. The van der Waals surface area contributed by atoms with Gasteiger partial charge in [0.25, 0.3) is 0 Å². The van der Waals surface area contributed by atoms with Crippen LogP contribution in [0.5, 0.6) is 0 Å². The lowest BCUT2D eigenvalue weighted by Crippen LogP contribution is -2.50. The Hall–Kier alpha value is -0.630. The molecule has 0 N–H and O–H groups in total. The van der Waals surface area contributed by atoms with Crippen LogP contribution >= 0.6 is 0 Å². The van der Waals surface area contributed by atoms with Crippen LogP contribution in [0.1, 0.15) is 85.0 Å². The highest BCUT2D eigenvalue weighted by Gasteiger charge is 2.53. The van der Waals surface area contributed by atoms with Gasteiger partial charge in [0, 0.05) is 20.1 Å². The summed E-state index contributed by atoms with van der Waals surface area (Å²) in [6.45, 7) is 8.27. The second-order valence-electron chi connectivity index (χ2n) is 9.47. The van der Waals surface area contributed by atoms with Crippen molar-refractivity contribution in [1.29, 1.82) is 0 Å². The van der Waals surface area contributed by atoms with Crippen LogP contribution in [-0.4, -0.2) is 19.5 Å². The maximum atomic E-state index is 11.9. The molecule has 3 aliphatic carbocycles. The molecule has 6 atom stereocenters. The molecule has 3 rings (SSSR count). The average Bonchev–Trinajstić information content (AvgIpc) is 2.64. The van der Waals surface area contributed by atoms with E-state index >= 15 is 0 Å². The van der Waals surface area contributed by atoms with Crippen LogP contribution in [0.15, 0.2) is 11.6 Å². The summed E-state index contributed by atoms with van der Waals surface area (Å²) in [5, 5.41) is 0. The first kappa shape index (κ1) is 20.1. The highest BCUT2D eigenvalue weighted by Crippen LogP contribution is 2.61. The second-order valence-corrected chi connectivity index (χ2v) is 9.47. The van der Waals surface area contributed by atoms with Crippen molar-refractivity contribution >= 4 is 5.78 Å². The van der Waals surface area contributed by atoms with Gasteiger partial charge in [-0.3, -0.25) is 4.79 Å². The fourth-order valence-corrected chi connectivity index (χ4v) is 7.26. The van der Waals surface area contributed by atoms with Gasteiger partial charge in [-0.15, -0.1) is 0 Å². The van der Waals surface area contributed by atoms with Crippen LogP contribution in [0.25, 0.3) is 0 Å². The van der Waals surface area contributed by atoms with Crippen molar-refractivity contribution in [1.82, 2.24) is 0 Å². The summed E-state index contributed by atoms with van der Waals surface area (Å²) in [6, 6.07) is 0. The number of fused-ring (bicyclic) bond motifs is 3. The first-order valence-electron chi connectivity index (χ1n) is 11.3. The molecule has 0 bridgehead atoms.